The fraction of sp³-hybridized carbons (Fsp3) is 0.571. The molecule has 0 aliphatic rings. The summed E-state index contributed by atoms with van der Waals surface area (Å²) in [7, 11) is 1.73. The molecule has 0 spiro atoms. The zero-order valence-corrected chi connectivity index (χ0v) is 10.6. The first-order valence-electron chi connectivity index (χ1n) is 6.07. The predicted octanol–water partition coefficient (Wildman–Crippen LogP) is 3.06. The Balaban J connectivity index is 2.59. The van der Waals surface area contributed by atoms with Gasteiger partial charge in [-0.15, -0.1) is 0 Å². The van der Waals surface area contributed by atoms with Gasteiger partial charge in [-0.1, -0.05) is 19.1 Å². The third-order valence-corrected chi connectivity index (χ3v) is 3.11. The van der Waals surface area contributed by atoms with E-state index in [1.165, 1.54) is 11.1 Å². The van der Waals surface area contributed by atoms with Crippen LogP contribution in [0.1, 0.15) is 37.3 Å². The normalized spacial score (nSPS) is 12.5. The molecule has 0 aliphatic heterocycles. The molecule has 90 valence electrons. The highest BCUT2D eigenvalue weighted by molar-refractivity contribution is 5.39. The van der Waals surface area contributed by atoms with Crippen LogP contribution in [0.2, 0.25) is 0 Å². The molecule has 0 radical (unpaired) electrons. The Morgan fingerprint density at radius 1 is 1.38 bits per heavy atom. The quantitative estimate of drug-likeness (QED) is 0.801. The van der Waals surface area contributed by atoms with Crippen molar-refractivity contribution in [3.05, 3.63) is 29.3 Å². The van der Waals surface area contributed by atoms with Crippen molar-refractivity contribution in [2.24, 2.45) is 5.73 Å². The summed E-state index contributed by atoms with van der Waals surface area (Å²) in [5.74, 6) is 1.00. The van der Waals surface area contributed by atoms with E-state index < -0.39 is 0 Å². The van der Waals surface area contributed by atoms with Crippen molar-refractivity contribution < 1.29 is 4.74 Å². The van der Waals surface area contributed by atoms with Crippen molar-refractivity contribution >= 4 is 0 Å². The largest absolute Gasteiger partial charge is 0.496 e. The Bertz CT molecular complexity index is 323. The second-order valence-electron chi connectivity index (χ2n) is 4.32. The lowest BCUT2D eigenvalue weighted by atomic mass is 9.99. The summed E-state index contributed by atoms with van der Waals surface area (Å²) in [5.41, 5.74) is 8.55. The molecule has 1 atom stereocenters. The molecule has 0 saturated heterocycles. The van der Waals surface area contributed by atoms with Gasteiger partial charge in [0, 0.05) is 6.04 Å². The second kappa shape index (κ2) is 6.54. The zero-order chi connectivity index (χ0) is 12.0. The van der Waals surface area contributed by atoms with Crippen LogP contribution in [0, 0.1) is 6.92 Å². The maximum absolute atomic E-state index is 5.91. The van der Waals surface area contributed by atoms with Crippen molar-refractivity contribution in [3.63, 3.8) is 0 Å². The second-order valence-corrected chi connectivity index (χ2v) is 4.32. The van der Waals surface area contributed by atoms with Gasteiger partial charge in [0.2, 0.25) is 0 Å². The van der Waals surface area contributed by atoms with Crippen LogP contribution in [0.5, 0.6) is 5.75 Å². The maximum Gasteiger partial charge on any atom is 0.122 e. The van der Waals surface area contributed by atoms with Crippen molar-refractivity contribution in [2.75, 3.05) is 7.11 Å². The number of hydrogen-bond acceptors (Lipinski definition) is 2. The zero-order valence-electron chi connectivity index (χ0n) is 10.6. The van der Waals surface area contributed by atoms with Crippen LogP contribution < -0.4 is 10.5 Å². The molecular weight excluding hydrogens is 198 g/mol. The molecule has 0 heterocycles. The van der Waals surface area contributed by atoms with E-state index in [4.69, 9.17) is 10.5 Å². The first-order valence-corrected chi connectivity index (χ1v) is 6.07. The molecule has 0 aromatic heterocycles. The van der Waals surface area contributed by atoms with Crippen LogP contribution in [0.4, 0.5) is 0 Å². The van der Waals surface area contributed by atoms with Crippen LogP contribution >= 0.6 is 0 Å². The summed E-state index contributed by atoms with van der Waals surface area (Å²) in [5, 5.41) is 0. The molecule has 16 heavy (non-hydrogen) atoms. The lowest BCUT2D eigenvalue weighted by Crippen LogP contribution is -2.18. The SMILES string of the molecule is CCC(N)CCCc1c(C)cccc1OC. The molecule has 1 aromatic carbocycles. The molecule has 1 aromatic rings. The lowest BCUT2D eigenvalue weighted by molar-refractivity contribution is 0.408. The van der Waals surface area contributed by atoms with Crippen LogP contribution in [0.25, 0.3) is 0 Å². The molecule has 1 rings (SSSR count). The molecule has 1 unspecified atom stereocenters. The molecule has 2 N–H and O–H groups in total. The third-order valence-electron chi connectivity index (χ3n) is 3.11. The van der Waals surface area contributed by atoms with Crippen LogP contribution in [0.15, 0.2) is 18.2 Å². The topological polar surface area (TPSA) is 35.2 Å². The number of methoxy groups -OCH3 is 1. The monoisotopic (exact) mass is 221 g/mol. The van der Waals surface area contributed by atoms with Crippen LogP contribution in [0.3, 0.4) is 0 Å². The molecule has 0 amide bonds. The van der Waals surface area contributed by atoms with Gasteiger partial charge >= 0.3 is 0 Å². The summed E-state index contributed by atoms with van der Waals surface area (Å²) in [6, 6.07) is 6.55. The molecule has 2 nitrogen and oxygen atoms in total. The number of aryl methyl sites for hydroxylation is 1. The number of hydrogen-bond donors (Lipinski definition) is 1. The Kier molecular flexibility index (Phi) is 5.33. The number of nitrogens with two attached hydrogens (primary N) is 1. The van der Waals surface area contributed by atoms with E-state index in [2.05, 4.69) is 19.9 Å². The molecule has 0 aliphatic carbocycles. The van der Waals surface area contributed by atoms with Gasteiger partial charge in [0.05, 0.1) is 7.11 Å². The minimum Gasteiger partial charge on any atom is -0.496 e. The summed E-state index contributed by atoms with van der Waals surface area (Å²) in [6.07, 6.45) is 4.35. The molecular formula is C14H23NO. The van der Waals surface area contributed by atoms with Crippen molar-refractivity contribution in [1.82, 2.24) is 0 Å². The third kappa shape index (κ3) is 3.53. The first-order chi connectivity index (χ1) is 7.69. The number of benzene rings is 1. The highest BCUT2D eigenvalue weighted by Gasteiger charge is 2.06. The Morgan fingerprint density at radius 3 is 2.75 bits per heavy atom. The van der Waals surface area contributed by atoms with Gasteiger partial charge in [-0.3, -0.25) is 0 Å². The van der Waals surface area contributed by atoms with E-state index in [0.29, 0.717) is 6.04 Å². The summed E-state index contributed by atoms with van der Waals surface area (Å²) >= 11 is 0. The van der Waals surface area contributed by atoms with E-state index in [1.807, 2.05) is 12.1 Å². The maximum atomic E-state index is 5.91. The first kappa shape index (κ1) is 13.0. The van der Waals surface area contributed by atoms with Crippen LogP contribution in [-0.4, -0.2) is 13.2 Å². The smallest absolute Gasteiger partial charge is 0.122 e. The van der Waals surface area contributed by atoms with Crippen molar-refractivity contribution in [1.29, 1.82) is 0 Å². The van der Waals surface area contributed by atoms with E-state index in [0.717, 1.165) is 31.4 Å². The number of ether oxygens (including phenoxy) is 1. The Morgan fingerprint density at radius 2 is 2.12 bits per heavy atom. The highest BCUT2D eigenvalue weighted by atomic mass is 16.5. The van der Waals surface area contributed by atoms with Gasteiger partial charge < -0.3 is 10.5 Å². The molecule has 2 heteroatoms. The molecule has 0 bridgehead atoms. The Labute approximate surface area is 98.8 Å². The predicted molar refractivity (Wildman–Crippen MR) is 68.9 cm³/mol. The van der Waals surface area contributed by atoms with E-state index >= 15 is 0 Å². The van der Waals surface area contributed by atoms with Gasteiger partial charge in [-0.2, -0.15) is 0 Å². The van der Waals surface area contributed by atoms with Gasteiger partial charge in [-0.25, -0.2) is 0 Å². The molecule has 0 fully saturated rings. The van der Waals surface area contributed by atoms with Gasteiger partial charge in [0.1, 0.15) is 5.75 Å². The van der Waals surface area contributed by atoms with Gasteiger partial charge in [0.15, 0.2) is 0 Å². The summed E-state index contributed by atoms with van der Waals surface area (Å²) < 4.78 is 5.38. The summed E-state index contributed by atoms with van der Waals surface area (Å²) in [4.78, 5) is 0. The van der Waals surface area contributed by atoms with Gasteiger partial charge in [-0.05, 0) is 49.8 Å². The standard InChI is InChI=1S/C14H23NO/c1-4-12(15)8-6-9-13-11(2)7-5-10-14(13)16-3/h5,7,10,12H,4,6,8-9,15H2,1-3H3. The summed E-state index contributed by atoms with van der Waals surface area (Å²) in [6.45, 7) is 4.27. The number of rotatable bonds is 6. The van der Waals surface area contributed by atoms with Crippen molar-refractivity contribution in [3.8, 4) is 5.75 Å². The lowest BCUT2D eigenvalue weighted by Gasteiger charge is -2.13. The van der Waals surface area contributed by atoms with E-state index in [1.54, 1.807) is 7.11 Å². The Hall–Kier alpha value is -1.02. The minimum absolute atomic E-state index is 0.343. The molecule has 0 saturated carbocycles. The van der Waals surface area contributed by atoms with Gasteiger partial charge in [0.25, 0.3) is 0 Å². The average molecular weight is 221 g/mol. The van der Waals surface area contributed by atoms with E-state index in [-0.39, 0.29) is 0 Å². The van der Waals surface area contributed by atoms with Crippen LogP contribution in [-0.2, 0) is 6.42 Å². The fourth-order valence-electron chi connectivity index (χ4n) is 1.93. The van der Waals surface area contributed by atoms with Crippen molar-refractivity contribution in [2.45, 2.75) is 45.6 Å². The minimum atomic E-state index is 0.343. The highest BCUT2D eigenvalue weighted by Crippen LogP contribution is 2.23. The fourth-order valence-corrected chi connectivity index (χ4v) is 1.93. The van der Waals surface area contributed by atoms with E-state index in [9.17, 15) is 0 Å². The average Bonchev–Trinajstić information content (AvgIpc) is 2.30.